The molecule has 1 aliphatic rings. The van der Waals surface area contributed by atoms with Crippen molar-refractivity contribution in [1.82, 2.24) is 11.1 Å². The van der Waals surface area contributed by atoms with Gasteiger partial charge in [0, 0.05) is 35.4 Å². The van der Waals surface area contributed by atoms with E-state index < -0.39 is 29.0 Å². The number of ether oxygens (including phenoxy) is 3. The van der Waals surface area contributed by atoms with Crippen molar-refractivity contribution in [2.45, 2.75) is 38.5 Å². The molecule has 0 bridgehead atoms. The Morgan fingerprint density at radius 3 is 2.24 bits per heavy atom. The third-order valence-corrected chi connectivity index (χ3v) is 7.71. The highest BCUT2D eigenvalue weighted by molar-refractivity contribution is 6.32. The summed E-state index contributed by atoms with van der Waals surface area (Å²) >= 11 is 6.54. The number of hydrogen-bond donors (Lipinski definition) is 4. The average Bonchev–Trinajstić information content (AvgIpc) is 3.83. The molecule has 0 saturated heterocycles. The Balaban J connectivity index is 0.00000480. The lowest BCUT2D eigenvalue weighted by atomic mass is 10.0. The quantitative estimate of drug-likeness (QED) is 0.0801. The molecule has 0 atom stereocenters. The maximum Gasteiger partial charge on any atom is 0.303 e. The van der Waals surface area contributed by atoms with Crippen LogP contribution in [0.2, 0.25) is 5.02 Å². The lowest BCUT2D eigenvalue weighted by Gasteiger charge is -2.17. The minimum absolute atomic E-state index is 0. The summed E-state index contributed by atoms with van der Waals surface area (Å²) in [5.41, 5.74) is 0.181. The molecule has 0 aliphatic heterocycles. The fourth-order valence-corrected chi connectivity index (χ4v) is 4.94. The number of aliphatic carboxylic acids is 1. The Morgan fingerprint density at radius 2 is 1.59 bits per heavy atom. The van der Waals surface area contributed by atoms with Crippen molar-refractivity contribution in [2.24, 2.45) is 5.41 Å². The number of amides is 2. The predicted octanol–water partition coefficient (Wildman–Crippen LogP) is 7.37. The number of nitrogens with zero attached hydrogens (tertiary/aromatic N) is 1. The van der Waals surface area contributed by atoms with Gasteiger partial charge in [0.05, 0.1) is 24.3 Å². The molecular weight excluding hydrogens is 619 g/mol. The average molecular weight is 653 g/mol. The van der Waals surface area contributed by atoms with E-state index in [0.717, 1.165) is 6.42 Å². The Labute approximate surface area is 269 Å². The van der Waals surface area contributed by atoms with Gasteiger partial charge >= 0.3 is 5.97 Å². The van der Waals surface area contributed by atoms with Gasteiger partial charge in [-0.1, -0.05) is 11.6 Å². The van der Waals surface area contributed by atoms with Crippen LogP contribution in [-0.2, 0) is 14.4 Å². The number of pyridine rings is 1. The topological polar surface area (TPSA) is 171 Å². The van der Waals surface area contributed by atoms with Gasteiger partial charge in [-0.25, -0.2) is 4.39 Å². The third-order valence-electron chi connectivity index (χ3n) is 7.41. The molecule has 0 unspecified atom stereocenters. The zero-order valence-electron chi connectivity index (χ0n) is 25.1. The maximum absolute atomic E-state index is 13.2. The van der Waals surface area contributed by atoms with Gasteiger partial charge in [-0.05, 0) is 86.7 Å². The van der Waals surface area contributed by atoms with Gasteiger partial charge in [-0.3, -0.25) is 19.4 Å². The van der Waals surface area contributed by atoms with Crippen molar-refractivity contribution >= 4 is 51.7 Å². The normalized spacial score (nSPS) is 12.8. The molecule has 1 aliphatic carbocycles. The maximum atomic E-state index is 13.2. The fraction of sp³-hybridized carbons (Fsp3) is 0.273. The second-order valence-electron chi connectivity index (χ2n) is 10.6. The number of carbonyl (C=O) groups is 3. The Bertz CT molecular complexity index is 1730. The zero-order valence-corrected chi connectivity index (χ0v) is 25.9. The summed E-state index contributed by atoms with van der Waals surface area (Å²) in [6.45, 7) is 0.399. The SMILES string of the molecule is COc1cc2c(Oc3ccc(NC(=O)C4(C(=O)Nc5ccc(F)cc5)CC4)cc3Cl)ccnc2cc1OCCCCCC(=O)O.N. The second-order valence-corrected chi connectivity index (χ2v) is 11.0. The van der Waals surface area contributed by atoms with E-state index in [9.17, 15) is 18.8 Å². The van der Waals surface area contributed by atoms with E-state index in [1.165, 1.54) is 37.4 Å². The molecule has 0 radical (unpaired) electrons. The Morgan fingerprint density at radius 1 is 0.891 bits per heavy atom. The number of aromatic nitrogens is 1. The lowest BCUT2D eigenvalue weighted by molar-refractivity contribution is -0.137. The molecule has 1 saturated carbocycles. The highest BCUT2D eigenvalue weighted by Crippen LogP contribution is 2.48. The van der Waals surface area contributed by atoms with Crippen LogP contribution >= 0.6 is 11.6 Å². The largest absolute Gasteiger partial charge is 0.493 e. The van der Waals surface area contributed by atoms with Crippen LogP contribution in [0.3, 0.4) is 0 Å². The molecular formula is C33H34ClFN4O7. The molecule has 2 amide bonds. The smallest absolute Gasteiger partial charge is 0.303 e. The summed E-state index contributed by atoms with van der Waals surface area (Å²) in [4.78, 5) is 41.1. The number of carboxylic acid groups (broad SMARTS) is 1. The number of benzene rings is 3. The van der Waals surface area contributed by atoms with Gasteiger partial charge < -0.3 is 36.1 Å². The molecule has 0 spiro atoms. The van der Waals surface area contributed by atoms with Crippen molar-refractivity contribution in [1.29, 1.82) is 0 Å². The van der Waals surface area contributed by atoms with E-state index in [0.29, 0.717) is 77.6 Å². The molecule has 13 heteroatoms. The van der Waals surface area contributed by atoms with Crippen LogP contribution < -0.4 is 31.0 Å². The Hall–Kier alpha value is -4.94. The third kappa shape index (κ3) is 8.01. The highest BCUT2D eigenvalue weighted by Gasteiger charge is 2.56. The number of unbranched alkanes of at least 4 members (excludes halogenated alkanes) is 2. The van der Waals surface area contributed by atoms with Crippen LogP contribution in [0.25, 0.3) is 10.9 Å². The summed E-state index contributed by atoms with van der Waals surface area (Å²) in [5.74, 6) is -0.373. The van der Waals surface area contributed by atoms with Crippen LogP contribution in [0.1, 0.15) is 38.5 Å². The van der Waals surface area contributed by atoms with Gasteiger partial charge in [-0.2, -0.15) is 0 Å². The minimum atomic E-state index is -1.21. The number of fused-ring (bicyclic) bond motifs is 1. The molecule has 46 heavy (non-hydrogen) atoms. The van der Waals surface area contributed by atoms with Crippen molar-refractivity contribution in [3.05, 3.63) is 77.7 Å². The van der Waals surface area contributed by atoms with Crippen molar-refractivity contribution in [2.75, 3.05) is 24.4 Å². The number of rotatable bonds is 14. The molecule has 4 aromatic rings. The second kappa shape index (κ2) is 14.9. The lowest BCUT2D eigenvalue weighted by Crippen LogP contribution is -2.35. The van der Waals surface area contributed by atoms with E-state index in [2.05, 4.69) is 15.6 Å². The molecule has 242 valence electrons. The van der Waals surface area contributed by atoms with Gasteiger partial charge in [0.2, 0.25) is 11.8 Å². The molecule has 11 nitrogen and oxygen atoms in total. The number of hydrogen-bond acceptors (Lipinski definition) is 8. The molecule has 1 heterocycles. The van der Waals surface area contributed by atoms with Crippen molar-refractivity contribution < 1.29 is 38.1 Å². The number of nitrogens with one attached hydrogen (secondary N) is 2. The molecule has 1 aromatic heterocycles. The number of halogens is 2. The van der Waals surface area contributed by atoms with E-state index in [-0.39, 0.29) is 17.6 Å². The van der Waals surface area contributed by atoms with E-state index in [1.807, 2.05) is 0 Å². The number of carboxylic acids is 1. The molecule has 1 fully saturated rings. The summed E-state index contributed by atoms with van der Waals surface area (Å²) in [7, 11) is 1.53. The summed E-state index contributed by atoms with van der Waals surface area (Å²) in [6, 6.07) is 15.3. The standard InChI is InChI=1S/C33H31ClFN3O7.H3N/c1-43-28-18-23-25(19-29(28)44-16-4-2-3-5-30(39)40)36-15-12-26(23)45-27-11-10-22(17-24(27)34)38-32(42)33(13-14-33)31(41)37-21-8-6-20(35)7-9-21;/h6-12,15,17-19H,2-5,13-14,16H2,1H3,(H,37,41)(H,38,42)(H,39,40);1H3. The van der Waals surface area contributed by atoms with Gasteiger partial charge in [0.15, 0.2) is 11.5 Å². The van der Waals surface area contributed by atoms with Crippen LogP contribution in [0.4, 0.5) is 15.8 Å². The first kappa shape index (κ1) is 33.9. The summed E-state index contributed by atoms with van der Waals surface area (Å²) in [6.07, 6.45) is 4.51. The summed E-state index contributed by atoms with van der Waals surface area (Å²) < 4.78 is 30.8. The molecule has 3 aromatic carbocycles. The van der Waals surface area contributed by atoms with Crippen LogP contribution in [-0.4, -0.2) is 41.6 Å². The monoisotopic (exact) mass is 652 g/mol. The molecule has 6 N–H and O–H groups in total. The highest BCUT2D eigenvalue weighted by atomic mass is 35.5. The van der Waals surface area contributed by atoms with Crippen molar-refractivity contribution in [3.8, 4) is 23.0 Å². The van der Waals surface area contributed by atoms with E-state index in [4.69, 9.17) is 30.9 Å². The van der Waals surface area contributed by atoms with Gasteiger partial charge in [-0.15, -0.1) is 0 Å². The minimum Gasteiger partial charge on any atom is -0.493 e. The van der Waals surface area contributed by atoms with Gasteiger partial charge in [0.1, 0.15) is 22.7 Å². The predicted molar refractivity (Wildman–Crippen MR) is 172 cm³/mol. The zero-order chi connectivity index (χ0) is 32.0. The van der Waals surface area contributed by atoms with Gasteiger partial charge in [0.25, 0.3) is 0 Å². The van der Waals surface area contributed by atoms with E-state index >= 15 is 0 Å². The molecule has 5 rings (SSSR count). The van der Waals surface area contributed by atoms with Crippen LogP contribution in [0.5, 0.6) is 23.0 Å². The van der Waals surface area contributed by atoms with Crippen LogP contribution in [0, 0.1) is 11.2 Å². The Kier molecular flexibility index (Phi) is 11.0. The van der Waals surface area contributed by atoms with E-state index in [1.54, 1.807) is 36.5 Å². The summed E-state index contributed by atoms with van der Waals surface area (Å²) in [5, 5.41) is 15.1. The first-order valence-corrected chi connectivity index (χ1v) is 14.7. The van der Waals surface area contributed by atoms with Crippen molar-refractivity contribution in [3.63, 3.8) is 0 Å². The fourth-order valence-electron chi connectivity index (χ4n) is 4.72. The first-order chi connectivity index (χ1) is 21.7. The van der Waals surface area contributed by atoms with Crippen LogP contribution in [0.15, 0.2) is 66.9 Å². The number of methoxy groups -OCH3 is 1. The number of anilines is 2. The number of carbonyl (C=O) groups excluding carboxylic acids is 2. The first-order valence-electron chi connectivity index (χ1n) is 14.4.